The summed E-state index contributed by atoms with van der Waals surface area (Å²) in [7, 11) is 1.25. The second-order valence-electron chi connectivity index (χ2n) is 25.2. The molecule has 8 nitrogen and oxygen atoms in total. The summed E-state index contributed by atoms with van der Waals surface area (Å²) in [6.45, 7) is 4.66. The number of unbranched alkanes of at least 4 members (excludes halogenated alkanes) is 48. The van der Waals surface area contributed by atoms with Crippen LogP contribution in [-0.2, 0) is 18.4 Å². The summed E-state index contributed by atoms with van der Waals surface area (Å²) in [5, 5.41) is 13.9. The van der Waals surface area contributed by atoms with Crippen LogP contribution in [0.1, 0.15) is 354 Å². The van der Waals surface area contributed by atoms with E-state index in [9.17, 15) is 19.4 Å². The number of carbonyl (C=O) groups is 1. The van der Waals surface area contributed by atoms with Crippen molar-refractivity contribution in [2.45, 2.75) is 366 Å². The first-order valence-electron chi connectivity index (χ1n) is 34.9. The van der Waals surface area contributed by atoms with Crippen molar-refractivity contribution in [3.8, 4) is 0 Å². The molecule has 3 atom stereocenters. The molecule has 0 fully saturated rings. The number of likely N-dealkylation sites (N-methyl/N-ethyl adjacent to an activating group) is 1. The van der Waals surface area contributed by atoms with Crippen molar-refractivity contribution in [2.75, 3.05) is 40.9 Å². The van der Waals surface area contributed by atoms with E-state index in [0.717, 1.165) is 44.9 Å². The van der Waals surface area contributed by atoms with Gasteiger partial charge >= 0.3 is 0 Å². The van der Waals surface area contributed by atoms with Crippen LogP contribution in [0.4, 0.5) is 0 Å². The molecule has 2 N–H and O–H groups in total. The minimum Gasteiger partial charge on any atom is -0.756 e. The average molecular weight is 1130 g/mol. The lowest BCUT2D eigenvalue weighted by Crippen LogP contribution is -2.45. The zero-order valence-corrected chi connectivity index (χ0v) is 54.5. The Kier molecular flexibility index (Phi) is 60.3. The third-order valence-corrected chi connectivity index (χ3v) is 17.0. The Morgan fingerprint density at radius 1 is 0.430 bits per heavy atom. The number of aliphatic hydroxyl groups is 1. The molecule has 0 aliphatic rings. The number of aliphatic hydroxyl groups excluding tert-OH is 1. The van der Waals surface area contributed by atoms with Gasteiger partial charge in [0.2, 0.25) is 5.91 Å². The number of phosphoric ester groups is 1. The van der Waals surface area contributed by atoms with Crippen LogP contribution in [0.25, 0.3) is 0 Å². The van der Waals surface area contributed by atoms with Gasteiger partial charge in [0.25, 0.3) is 7.82 Å². The van der Waals surface area contributed by atoms with Crippen LogP contribution in [0, 0.1) is 0 Å². The molecular weight excluding hydrogens is 996 g/mol. The lowest BCUT2D eigenvalue weighted by Gasteiger charge is -2.29. The number of carbonyl (C=O) groups excluding carboxylic acids is 1. The zero-order valence-electron chi connectivity index (χ0n) is 53.6. The molecule has 0 rings (SSSR count). The van der Waals surface area contributed by atoms with Crippen molar-refractivity contribution >= 4 is 13.7 Å². The van der Waals surface area contributed by atoms with E-state index in [4.69, 9.17) is 9.05 Å². The second-order valence-corrected chi connectivity index (χ2v) is 26.6. The highest BCUT2D eigenvalue weighted by Gasteiger charge is 2.23. The highest BCUT2D eigenvalue weighted by Crippen LogP contribution is 2.38. The predicted molar refractivity (Wildman–Crippen MR) is 344 cm³/mol. The van der Waals surface area contributed by atoms with Crippen LogP contribution in [0.5, 0.6) is 0 Å². The molecule has 0 saturated heterocycles. The lowest BCUT2D eigenvalue weighted by molar-refractivity contribution is -0.870. The number of hydrogen-bond acceptors (Lipinski definition) is 6. The molecule has 9 heteroatoms. The van der Waals surface area contributed by atoms with Gasteiger partial charge in [0.15, 0.2) is 0 Å². The quantitative estimate of drug-likeness (QED) is 0.0272. The van der Waals surface area contributed by atoms with Crippen LogP contribution in [0.2, 0.25) is 0 Å². The minimum absolute atomic E-state index is 0.00732. The van der Waals surface area contributed by atoms with Gasteiger partial charge in [0.05, 0.1) is 39.9 Å². The third kappa shape index (κ3) is 64.1. The van der Waals surface area contributed by atoms with Gasteiger partial charge in [-0.1, -0.05) is 339 Å². The van der Waals surface area contributed by atoms with E-state index in [1.165, 1.54) is 289 Å². The van der Waals surface area contributed by atoms with Crippen LogP contribution in [0.3, 0.4) is 0 Å². The topological polar surface area (TPSA) is 108 Å². The predicted octanol–water partition coefficient (Wildman–Crippen LogP) is 21.4. The summed E-state index contributed by atoms with van der Waals surface area (Å²) < 4.78 is 23.4. The van der Waals surface area contributed by atoms with E-state index >= 15 is 0 Å². The lowest BCUT2D eigenvalue weighted by atomic mass is 10.0. The van der Waals surface area contributed by atoms with Gasteiger partial charge in [-0.15, -0.1) is 0 Å². The number of phosphoric acid groups is 1. The molecule has 0 aromatic rings. The van der Waals surface area contributed by atoms with Gasteiger partial charge in [-0.3, -0.25) is 9.36 Å². The summed E-state index contributed by atoms with van der Waals surface area (Å²) in [6.07, 6.45) is 81.6. The summed E-state index contributed by atoms with van der Waals surface area (Å²) in [6, 6.07) is -0.908. The summed E-state index contributed by atoms with van der Waals surface area (Å²) in [5.74, 6) is -0.205. The molecule has 0 aromatic heterocycles. The van der Waals surface area contributed by atoms with Crippen molar-refractivity contribution < 1.29 is 32.9 Å². The van der Waals surface area contributed by atoms with Crippen LogP contribution >= 0.6 is 7.82 Å². The second kappa shape index (κ2) is 61.3. The molecule has 0 aromatic carbocycles. The van der Waals surface area contributed by atoms with Crippen LogP contribution in [0.15, 0.2) is 36.5 Å². The molecular formula is C70H137N2O6P. The Bertz CT molecular complexity index is 1380. The first-order valence-corrected chi connectivity index (χ1v) is 36.3. The molecule has 0 heterocycles. The molecule has 1 amide bonds. The van der Waals surface area contributed by atoms with Gasteiger partial charge in [-0.25, -0.2) is 0 Å². The van der Waals surface area contributed by atoms with Crippen LogP contribution < -0.4 is 10.2 Å². The largest absolute Gasteiger partial charge is 0.756 e. The smallest absolute Gasteiger partial charge is 0.268 e. The first-order chi connectivity index (χ1) is 38.5. The van der Waals surface area contributed by atoms with Crippen LogP contribution in [-0.4, -0.2) is 68.5 Å². The van der Waals surface area contributed by atoms with Gasteiger partial charge < -0.3 is 28.8 Å². The fourth-order valence-electron chi connectivity index (χ4n) is 10.7. The molecule has 468 valence electrons. The van der Waals surface area contributed by atoms with E-state index in [2.05, 4.69) is 43.5 Å². The van der Waals surface area contributed by atoms with Gasteiger partial charge in [0.1, 0.15) is 13.2 Å². The van der Waals surface area contributed by atoms with E-state index in [0.29, 0.717) is 17.4 Å². The Hall–Kier alpha value is -1.28. The van der Waals surface area contributed by atoms with Gasteiger partial charge in [-0.2, -0.15) is 0 Å². The fourth-order valence-corrected chi connectivity index (χ4v) is 11.4. The molecule has 0 aliphatic heterocycles. The third-order valence-electron chi connectivity index (χ3n) is 16.1. The molecule has 3 unspecified atom stereocenters. The van der Waals surface area contributed by atoms with E-state index in [-0.39, 0.29) is 12.5 Å². The van der Waals surface area contributed by atoms with E-state index in [1.54, 1.807) is 6.08 Å². The Balaban J connectivity index is 3.89. The zero-order chi connectivity index (χ0) is 57.7. The van der Waals surface area contributed by atoms with E-state index in [1.807, 2.05) is 27.2 Å². The number of nitrogens with zero attached hydrogens (tertiary/aromatic N) is 1. The standard InChI is InChI=1S/C70H137N2O6P/c1-6-8-10-12-14-16-18-20-22-24-25-26-27-28-29-30-31-32-33-34-35-36-37-38-39-40-41-42-43-44-45-46-48-50-52-54-56-58-60-62-64-70(74)71-68(67-78-79(75,76)77-66-65-72(3,4)5)69(73)63-61-59-57-55-53-51-49-47-23-21-19-17-15-13-11-9-7-2/h23,47,53,55,61,63,68-69,73H,6-22,24-46,48-52,54,56-60,62,64-67H2,1-5H3,(H-,71,74,75,76)/b47-23+,55-53+,63-61+. The summed E-state index contributed by atoms with van der Waals surface area (Å²) in [4.78, 5) is 25.5. The number of hydrogen-bond donors (Lipinski definition) is 2. The molecule has 0 aliphatic carbocycles. The van der Waals surface area contributed by atoms with Gasteiger partial charge in [-0.05, 0) is 44.9 Å². The van der Waals surface area contributed by atoms with Crippen molar-refractivity contribution in [3.63, 3.8) is 0 Å². The number of quaternary nitrogens is 1. The van der Waals surface area contributed by atoms with E-state index < -0.39 is 26.6 Å². The number of amides is 1. The highest BCUT2D eigenvalue weighted by atomic mass is 31.2. The maximum absolute atomic E-state index is 13.0. The normalized spacial score (nSPS) is 13.9. The number of allylic oxidation sites excluding steroid dienone is 5. The maximum Gasteiger partial charge on any atom is 0.268 e. The number of nitrogens with one attached hydrogen (secondary N) is 1. The molecule has 79 heavy (non-hydrogen) atoms. The fraction of sp³-hybridized carbons (Fsp3) is 0.900. The highest BCUT2D eigenvalue weighted by molar-refractivity contribution is 7.45. The van der Waals surface area contributed by atoms with Gasteiger partial charge in [0, 0.05) is 6.42 Å². The number of rotatable bonds is 65. The Morgan fingerprint density at radius 3 is 1.03 bits per heavy atom. The SMILES string of the molecule is CCCCCCCCC/C=C/CC/C=C/CC/C=C/C(O)C(COP(=O)([O-])OCC[N+](C)(C)C)NC(=O)CCCCCCCCCCCCCCCCCCCCCCCCCCCCCCCCCCCCCCCCCC. The summed E-state index contributed by atoms with van der Waals surface area (Å²) in [5.41, 5.74) is 0. The average Bonchev–Trinajstić information content (AvgIpc) is 3.42. The van der Waals surface area contributed by atoms with Crippen molar-refractivity contribution in [3.05, 3.63) is 36.5 Å². The maximum atomic E-state index is 13.0. The molecule has 0 radical (unpaired) electrons. The monoisotopic (exact) mass is 1130 g/mol. The van der Waals surface area contributed by atoms with Crippen molar-refractivity contribution in [1.82, 2.24) is 5.32 Å². The molecule has 0 bridgehead atoms. The minimum atomic E-state index is -4.61. The summed E-state index contributed by atoms with van der Waals surface area (Å²) >= 11 is 0. The Morgan fingerprint density at radius 2 is 0.709 bits per heavy atom. The first kappa shape index (κ1) is 77.7. The Labute approximate surface area is 493 Å². The molecule has 0 saturated carbocycles. The van der Waals surface area contributed by atoms with Crippen molar-refractivity contribution in [2.24, 2.45) is 0 Å². The molecule has 0 spiro atoms. The van der Waals surface area contributed by atoms with Crippen molar-refractivity contribution in [1.29, 1.82) is 0 Å².